The molecule has 2 bridgehead atoms. The topological polar surface area (TPSA) is 95.2 Å². The lowest BCUT2D eigenvalue weighted by Crippen LogP contribution is -2.49. The Bertz CT molecular complexity index is 1300. The Morgan fingerprint density at radius 1 is 1.09 bits per heavy atom. The number of nitrogens with zero attached hydrogens (tertiary/aromatic N) is 3. The lowest BCUT2D eigenvalue weighted by Gasteiger charge is -2.43. The van der Waals surface area contributed by atoms with Crippen molar-refractivity contribution in [1.29, 1.82) is 5.26 Å². The Labute approximate surface area is 194 Å². The van der Waals surface area contributed by atoms with Gasteiger partial charge in [-0.2, -0.15) is 5.26 Å². The van der Waals surface area contributed by atoms with E-state index >= 15 is 0 Å². The van der Waals surface area contributed by atoms with Crippen molar-refractivity contribution in [3.8, 4) is 6.07 Å². The van der Waals surface area contributed by atoms with E-state index in [2.05, 4.69) is 5.32 Å². The molecule has 166 valence electrons. The number of likely N-dealkylation sites (tertiary alicyclic amines) is 1. The highest BCUT2D eigenvalue weighted by Crippen LogP contribution is 2.35. The number of nitrogens with one attached hydrogen (secondary N) is 1. The number of pyridine rings is 1. The Morgan fingerprint density at radius 3 is 2.64 bits per heavy atom. The second-order valence-electron chi connectivity index (χ2n) is 8.58. The van der Waals surface area contributed by atoms with Crippen LogP contribution in [-0.2, 0) is 17.8 Å². The van der Waals surface area contributed by atoms with E-state index in [0.717, 1.165) is 17.0 Å². The van der Waals surface area contributed by atoms with Crippen LogP contribution in [0.5, 0.6) is 0 Å². The molecule has 0 aliphatic carbocycles. The van der Waals surface area contributed by atoms with Gasteiger partial charge in [-0.15, -0.1) is 11.3 Å². The van der Waals surface area contributed by atoms with Crippen LogP contribution >= 0.6 is 11.3 Å². The van der Waals surface area contributed by atoms with Gasteiger partial charge in [0, 0.05) is 41.7 Å². The third-order valence-corrected chi connectivity index (χ3v) is 7.26. The minimum atomic E-state index is -0.390. The Balaban J connectivity index is 1.33. The molecule has 5 rings (SSSR count). The van der Waals surface area contributed by atoms with Crippen LogP contribution < -0.4 is 10.9 Å². The number of carbonyl (C=O) groups excluding carboxylic acids is 2. The maximum absolute atomic E-state index is 13.2. The lowest BCUT2D eigenvalue weighted by molar-refractivity contribution is -0.133. The number of amides is 2. The summed E-state index contributed by atoms with van der Waals surface area (Å²) in [5.41, 5.74) is 1.78. The van der Waals surface area contributed by atoms with Crippen LogP contribution in [0.1, 0.15) is 38.8 Å². The molecular formula is C25H22N4O3S. The molecule has 3 aromatic rings. The molecule has 7 nitrogen and oxygen atoms in total. The summed E-state index contributed by atoms with van der Waals surface area (Å²) < 4.78 is 1.76. The molecule has 1 N–H and O–H groups in total. The summed E-state index contributed by atoms with van der Waals surface area (Å²) in [7, 11) is 0. The van der Waals surface area contributed by atoms with Gasteiger partial charge in [-0.1, -0.05) is 6.07 Å². The van der Waals surface area contributed by atoms with Crippen LogP contribution in [0.4, 0.5) is 5.69 Å². The fourth-order valence-electron chi connectivity index (χ4n) is 4.81. The molecule has 0 unspecified atom stereocenters. The highest BCUT2D eigenvalue weighted by molar-refractivity contribution is 7.10. The summed E-state index contributed by atoms with van der Waals surface area (Å²) in [5.74, 6) is 0.0687. The largest absolute Gasteiger partial charge is 0.341 e. The van der Waals surface area contributed by atoms with Crippen molar-refractivity contribution < 1.29 is 9.59 Å². The molecule has 33 heavy (non-hydrogen) atoms. The van der Waals surface area contributed by atoms with Gasteiger partial charge < -0.3 is 14.8 Å². The predicted octanol–water partition coefficient (Wildman–Crippen LogP) is 3.22. The number of hydrogen-bond acceptors (Lipinski definition) is 5. The van der Waals surface area contributed by atoms with Gasteiger partial charge in [0.1, 0.15) is 5.69 Å². The van der Waals surface area contributed by atoms with E-state index in [1.54, 1.807) is 46.2 Å². The molecule has 1 fully saturated rings. The smallest absolute Gasteiger partial charge is 0.274 e. The molecule has 1 saturated heterocycles. The van der Waals surface area contributed by atoms with Crippen LogP contribution in [0, 0.1) is 17.2 Å². The fraction of sp³-hybridized carbons (Fsp3) is 0.280. The molecule has 4 heterocycles. The van der Waals surface area contributed by atoms with E-state index in [1.165, 1.54) is 0 Å². The number of piperidine rings is 1. The maximum atomic E-state index is 13.2. The summed E-state index contributed by atoms with van der Waals surface area (Å²) in [6, 6.07) is 15.8. The molecule has 2 amide bonds. The molecular weight excluding hydrogens is 436 g/mol. The van der Waals surface area contributed by atoms with Crippen molar-refractivity contribution in [3.63, 3.8) is 0 Å². The first kappa shape index (κ1) is 21.2. The van der Waals surface area contributed by atoms with Crippen molar-refractivity contribution in [2.24, 2.45) is 5.92 Å². The molecule has 8 heteroatoms. The van der Waals surface area contributed by atoms with Crippen molar-refractivity contribution >= 4 is 28.8 Å². The van der Waals surface area contributed by atoms with Gasteiger partial charge in [0.15, 0.2) is 0 Å². The first-order valence-corrected chi connectivity index (χ1v) is 11.7. The summed E-state index contributed by atoms with van der Waals surface area (Å²) in [5, 5.41) is 13.6. The number of hydrogen-bond donors (Lipinski definition) is 1. The maximum Gasteiger partial charge on any atom is 0.274 e. The summed E-state index contributed by atoms with van der Waals surface area (Å²) in [6.45, 7) is 1.79. The molecule has 1 aromatic carbocycles. The number of fused-ring (bicyclic) bond motifs is 4. The molecule has 0 spiro atoms. The molecule has 2 aliphatic heterocycles. The normalized spacial score (nSPS) is 18.8. The van der Waals surface area contributed by atoms with E-state index in [4.69, 9.17) is 5.26 Å². The third-order valence-electron chi connectivity index (χ3n) is 6.39. The van der Waals surface area contributed by atoms with Crippen LogP contribution in [0.3, 0.4) is 0 Å². The van der Waals surface area contributed by atoms with Gasteiger partial charge in [0.05, 0.1) is 18.1 Å². The molecule has 2 aliphatic rings. The van der Waals surface area contributed by atoms with Crippen LogP contribution in [-0.4, -0.2) is 34.4 Å². The van der Waals surface area contributed by atoms with Gasteiger partial charge in [0.25, 0.3) is 11.5 Å². The average molecular weight is 459 g/mol. The number of nitriles is 1. The minimum Gasteiger partial charge on any atom is -0.341 e. The van der Waals surface area contributed by atoms with E-state index in [9.17, 15) is 14.4 Å². The van der Waals surface area contributed by atoms with Crippen molar-refractivity contribution in [1.82, 2.24) is 9.47 Å². The minimum absolute atomic E-state index is 0.112. The van der Waals surface area contributed by atoms with E-state index in [0.29, 0.717) is 37.2 Å². The van der Waals surface area contributed by atoms with E-state index in [1.807, 2.05) is 34.5 Å². The Morgan fingerprint density at radius 2 is 1.91 bits per heavy atom. The molecule has 2 aromatic heterocycles. The summed E-state index contributed by atoms with van der Waals surface area (Å²) in [4.78, 5) is 41.6. The number of rotatable bonds is 4. The molecule has 2 atom stereocenters. The highest BCUT2D eigenvalue weighted by atomic mass is 32.1. The number of anilines is 1. The number of carbonyl (C=O) groups is 2. The number of aromatic nitrogens is 1. The average Bonchev–Trinajstić information content (AvgIpc) is 3.34. The van der Waals surface area contributed by atoms with Gasteiger partial charge in [0.2, 0.25) is 5.91 Å². The Kier molecular flexibility index (Phi) is 5.56. The predicted molar refractivity (Wildman–Crippen MR) is 125 cm³/mol. The second-order valence-corrected chi connectivity index (χ2v) is 9.62. The number of benzene rings is 1. The zero-order valence-corrected chi connectivity index (χ0v) is 18.7. The fourth-order valence-corrected chi connectivity index (χ4v) is 5.51. The van der Waals surface area contributed by atoms with Crippen LogP contribution in [0.15, 0.2) is 58.7 Å². The monoisotopic (exact) mass is 458 g/mol. The summed E-state index contributed by atoms with van der Waals surface area (Å²) >= 11 is 1.59. The van der Waals surface area contributed by atoms with Gasteiger partial charge in [-0.05, 0) is 60.2 Å². The van der Waals surface area contributed by atoms with E-state index in [-0.39, 0.29) is 29.0 Å². The van der Waals surface area contributed by atoms with E-state index < -0.39 is 5.91 Å². The highest BCUT2D eigenvalue weighted by Gasteiger charge is 2.36. The van der Waals surface area contributed by atoms with Crippen molar-refractivity contribution in [3.05, 3.63) is 86.0 Å². The number of thiophene rings is 1. The summed E-state index contributed by atoms with van der Waals surface area (Å²) in [6.07, 6.45) is 1.38. The van der Waals surface area contributed by atoms with Crippen LogP contribution in [0.2, 0.25) is 0 Å². The zero-order valence-electron chi connectivity index (χ0n) is 17.9. The van der Waals surface area contributed by atoms with Crippen molar-refractivity contribution in [2.75, 3.05) is 18.4 Å². The van der Waals surface area contributed by atoms with Crippen molar-refractivity contribution in [2.45, 2.75) is 25.3 Å². The van der Waals surface area contributed by atoms with Gasteiger partial charge >= 0.3 is 0 Å². The second kappa shape index (κ2) is 8.68. The molecule has 0 radical (unpaired) electrons. The van der Waals surface area contributed by atoms with Gasteiger partial charge in [-0.25, -0.2) is 0 Å². The SMILES string of the molecule is N#Cc1ccc(C(=O)Nc2ccc3n(c2=O)C[C@@H]2C[C@@H]3CN(C(=O)Cc3cccs3)C2)cc1. The first-order valence-electron chi connectivity index (χ1n) is 10.9. The first-order chi connectivity index (χ1) is 16.0. The van der Waals surface area contributed by atoms with Gasteiger partial charge in [-0.3, -0.25) is 14.4 Å². The standard InChI is InChI=1S/C25H22N4O3S/c26-12-16-3-5-18(6-4-16)24(31)27-21-7-8-22-19-10-17(14-29(22)25(21)32)13-28(15-19)23(30)11-20-2-1-9-33-20/h1-9,17,19H,10-11,13-15H2,(H,27,31)/t17-,19-/m1/s1. The Hall–Kier alpha value is -3.70. The quantitative estimate of drug-likeness (QED) is 0.649. The van der Waals surface area contributed by atoms with Crippen LogP contribution in [0.25, 0.3) is 0 Å². The lowest BCUT2D eigenvalue weighted by atomic mass is 9.83. The molecule has 0 saturated carbocycles. The third kappa shape index (κ3) is 4.20. The zero-order chi connectivity index (χ0) is 22.9.